The van der Waals surface area contributed by atoms with E-state index >= 15 is 0 Å². The van der Waals surface area contributed by atoms with Crippen LogP contribution in [0.2, 0.25) is 0 Å². The molecule has 1 fully saturated rings. The van der Waals surface area contributed by atoms with Gasteiger partial charge in [0, 0.05) is 36.3 Å². The molecule has 4 aromatic rings. The first kappa shape index (κ1) is 15.3. The van der Waals surface area contributed by atoms with E-state index in [-0.39, 0.29) is 0 Å². The first-order valence-corrected chi connectivity index (χ1v) is 9.07. The van der Waals surface area contributed by atoms with Crippen molar-refractivity contribution in [2.24, 2.45) is 0 Å². The van der Waals surface area contributed by atoms with Gasteiger partial charge in [-0.1, -0.05) is 18.2 Å². The van der Waals surface area contributed by atoms with Crippen LogP contribution in [0.5, 0.6) is 0 Å². The quantitative estimate of drug-likeness (QED) is 0.558. The van der Waals surface area contributed by atoms with Crippen LogP contribution in [0.1, 0.15) is 30.3 Å². The molecule has 0 bridgehead atoms. The van der Waals surface area contributed by atoms with E-state index in [1.165, 1.54) is 11.1 Å². The summed E-state index contributed by atoms with van der Waals surface area (Å²) in [5, 5.41) is 14.5. The molecule has 130 valence electrons. The molecule has 0 amide bonds. The van der Waals surface area contributed by atoms with Crippen LogP contribution in [0.25, 0.3) is 16.6 Å². The lowest BCUT2D eigenvalue weighted by molar-refractivity contribution is 0.477. The topological polar surface area (TPSA) is 59.2 Å². The zero-order valence-electron chi connectivity index (χ0n) is 14.7. The second-order valence-corrected chi connectivity index (χ2v) is 6.91. The molecule has 1 saturated heterocycles. The highest BCUT2D eigenvalue weighted by molar-refractivity contribution is 5.91. The number of fused-ring (bicyclic) bond motifs is 2. The SMILES string of the molecule is Cc1ccc2nnc(C3CCN(c4ccnc5ccccc45)CC3)n2n1. The fourth-order valence-corrected chi connectivity index (χ4v) is 3.89. The average molecular weight is 344 g/mol. The summed E-state index contributed by atoms with van der Waals surface area (Å²) in [5.41, 5.74) is 4.14. The summed E-state index contributed by atoms with van der Waals surface area (Å²) < 4.78 is 1.91. The van der Waals surface area contributed by atoms with Crippen LogP contribution >= 0.6 is 0 Å². The van der Waals surface area contributed by atoms with Crippen molar-refractivity contribution in [3.63, 3.8) is 0 Å². The summed E-state index contributed by atoms with van der Waals surface area (Å²) >= 11 is 0. The Morgan fingerprint density at radius 3 is 2.69 bits per heavy atom. The van der Waals surface area contributed by atoms with Gasteiger partial charge in [0.1, 0.15) is 0 Å². The summed E-state index contributed by atoms with van der Waals surface area (Å²) in [6.45, 7) is 4.00. The lowest BCUT2D eigenvalue weighted by atomic mass is 9.95. The Hall–Kier alpha value is -3.02. The molecule has 0 saturated carbocycles. The molecule has 3 aromatic heterocycles. The Morgan fingerprint density at radius 2 is 1.81 bits per heavy atom. The number of hydrogen-bond donors (Lipinski definition) is 0. The molecule has 0 radical (unpaired) electrons. The van der Waals surface area contributed by atoms with Gasteiger partial charge in [-0.05, 0) is 44.0 Å². The summed E-state index contributed by atoms with van der Waals surface area (Å²) in [6, 6.07) is 14.4. The van der Waals surface area contributed by atoms with Gasteiger partial charge < -0.3 is 4.90 Å². The van der Waals surface area contributed by atoms with Gasteiger partial charge in [0.15, 0.2) is 11.5 Å². The molecule has 0 aliphatic carbocycles. The first-order chi connectivity index (χ1) is 12.8. The minimum absolute atomic E-state index is 0.392. The van der Waals surface area contributed by atoms with Crippen molar-refractivity contribution >= 4 is 22.2 Å². The summed E-state index contributed by atoms with van der Waals surface area (Å²) in [6.07, 6.45) is 4.00. The molecule has 5 rings (SSSR count). The third-order valence-corrected chi connectivity index (χ3v) is 5.25. The lowest BCUT2D eigenvalue weighted by Gasteiger charge is -2.33. The number of aromatic nitrogens is 5. The van der Waals surface area contributed by atoms with Crippen molar-refractivity contribution in [1.82, 2.24) is 24.8 Å². The van der Waals surface area contributed by atoms with Gasteiger partial charge in [-0.3, -0.25) is 4.98 Å². The maximum absolute atomic E-state index is 4.60. The number of pyridine rings is 1. The smallest absolute Gasteiger partial charge is 0.177 e. The van der Waals surface area contributed by atoms with E-state index < -0.39 is 0 Å². The predicted molar refractivity (Wildman–Crippen MR) is 101 cm³/mol. The van der Waals surface area contributed by atoms with Crippen LogP contribution in [0, 0.1) is 6.92 Å². The molecule has 0 unspecified atom stereocenters. The van der Waals surface area contributed by atoms with Crippen molar-refractivity contribution < 1.29 is 0 Å². The number of aryl methyl sites for hydroxylation is 1. The standard InChI is InChI=1S/C20H20N6/c1-14-6-7-19-22-23-20(26(19)24-14)15-9-12-25(13-10-15)18-8-11-21-17-5-3-2-4-16(17)18/h2-8,11,15H,9-10,12-13H2,1H3. The van der Waals surface area contributed by atoms with E-state index in [0.29, 0.717) is 5.92 Å². The molecule has 1 aromatic carbocycles. The van der Waals surface area contributed by atoms with E-state index in [1.807, 2.05) is 35.8 Å². The average Bonchev–Trinajstić information content (AvgIpc) is 3.11. The minimum Gasteiger partial charge on any atom is -0.371 e. The lowest BCUT2D eigenvalue weighted by Crippen LogP contribution is -2.33. The summed E-state index contributed by atoms with van der Waals surface area (Å²) in [7, 11) is 0. The van der Waals surface area contributed by atoms with Gasteiger partial charge in [0.2, 0.25) is 0 Å². The second-order valence-electron chi connectivity index (χ2n) is 6.91. The maximum Gasteiger partial charge on any atom is 0.177 e. The zero-order chi connectivity index (χ0) is 17.5. The van der Waals surface area contributed by atoms with Crippen molar-refractivity contribution in [2.45, 2.75) is 25.7 Å². The first-order valence-electron chi connectivity index (χ1n) is 9.07. The molecule has 0 atom stereocenters. The van der Waals surface area contributed by atoms with Crippen LogP contribution in [-0.2, 0) is 0 Å². The highest BCUT2D eigenvalue weighted by Gasteiger charge is 2.26. The molecule has 1 aliphatic heterocycles. The normalized spacial score (nSPS) is 15.8. The van der Waals surface area contributed by atoms with Gasteiger partial charge in [-0.25, -0.2) is 0 Å². The number of para-hydroxylation sites is 1. The fraction of sp³-hybridized carbons (Fsp3) is 0.300. The molecule has 6 nitrogen and oxygen atoms in total. The van der Waals surface area contributed by atoms with Crippen molar-refractivity contribution in [3.05, 3.63) is 60.2 Å². The van der Waals surface area contributed by atoms with Gasteiger partial charge >= 0.3 is 0 Å². The molecule has 0 N–H and O–H groups in total. The Balaban J connectivity index is 1.41. The Kier molecular flexibility index (Phi) is 3.55. The van der Waals surface area contributed by atoms with Gasteiger partial charge in [-0.2, -0.15) is 9.61 Å². The van der Waals surface area contributed by atoms with Crippen LogP contribution in [0.4, 0.5) is 5.69 Å². The maximum atomic E-state index is 4.60. The second kappa shape index (κ2) is 6.05. The molecular formula is C20H20N6. The summed E-state index contributed by atoms with van der Waals surface area (Å²) in [5.74, 6) is 1.38. The Bertz CT molecular complexity index is 1070. The fourth-order valence-electron chi connectivity index (χ4n) is 3.89. The highest BCUT2D eigenvalue weighted by atomic mass is 15.4. The zero-order valence-corrected chi connectivity index (χ0v) is 14.7. The van der Waals surface area contributed by atoms with Crippen LogP contribution < -0.4 is 4.90 Å². The van der Waals surface area contributed by atoms with E-state index in [2.05, 4.69) is 49.4 Å². The van der Waals surface area contributed by atoms with E-state index in [4.69, 9.17) is 0 Å². The third kappa shape index (κ3) is 2.49. The van der Waals surface area contributed by atoms with Crippen molar-refractivity contribution in [3.8, 4) is 0 Å². The summed E-state index contributed by atoms with van der Waals surface area (Å²) in [4.78, 5) is 6.94. The Labute approximate surface area is 151 Å². The molecule has 6 heteroatoms. The number of nitrogens with zero attached hydrogens (tertiary/aromatic N) is 6. The number of benzene rings is 1. The molecule has 0 spiro atoms. The van der Waals surface area contributed by atoms with Crippen molar-refractivity contribution in [1.29, 1.82) is 0 Å². The number of rotatable bonds is 2. The van der Waals surface area contributed by atoms with Crippen molar-refractivity contribution in [2.75, 3.05) is 18.0 Å². The van der Waals surface area contributed by atoms with E-state index in [1.54, 1.807) is 0 Å². The molecule has 1 aliphatic rings. The third-order valence-electron chi connectivity index (χ3n) is 5.25. The van der Waals surface area contributed by atoms with Gasteiger partial charge in [0.05, 0.1) is 11.2 Å². The minimum atomic E-state index is 0.392. The van der Waals surface area contributed by atoms with Crippen LogP contribution in [0.3, 0.4) is 0 Å². The van der Waals surface area contributed by atoms with Gasteiger partial charge in [0.25, 0.3) is 0 Å². The number of anilines is 1. The number of hydrogen-bond acceptors (Lipinski definition) is 5. The molecule has 26 heavy (non-hydrogen) atoms. The van der Waals surface area contributed by atoms with E-state index in [0.717, 1.165) is 48.6 Å². The van der Waals surface area contributed by atoms with Crippen LogP contribution in [0.15, 0.2) is 48.7 Å². The molecular weight excluding hydrogens is 324 g/mol. The largest absolute Gasteiger partial charge is 0.371 e. The highest BCUT2D eigenvalue weighted by Crippen LogP contribution is 2.32. The Morgan fingerprint density at radius 1 is 0.962 bits per heavy atom. The van der Waals surface area contributed by atoms with E-state index in [9.17, 15) is 0 Å². The predicted octanol–water partition coefficient (Wildman–Crippen LogP) is 3.36. The van der Waals surface area contributed by atoms with Gasteiger partial charge in [-0.15, -0.1) is 10.2 Å². The van der Waals surface area contributed by atoms with Crippen LogP contribution in [-0.4, -0.2) is 37.9 Å². The molecule has 4 heterocycles. The number of piperidine rings is 1. The monoisotopic (exact) mass is 344 g/mol.